The van der Waals surface area contributed by atoms with Gasteiger partial charge in [0.25, 0.3) is 5.91 Å². The van der Waals surface area contributed by atoms with Crippen molar-refractivity contribution in [1.29, 1.82) is 0 Å². The number of fused-ring (bicyclic) bond motifs is 2. The van der Waals surface area contributed by atoms with Gasteiger partial charge in [0, 0.05) is 16.1 Å². The maximum atomic E-state index is 13.1. The van der Waals surface area contributed by atoms with Crippen LogP contribution in [0.2, 0.25) is 0 Å². The number of para-hydroxylation sites is 1. The average Bonchev–Trinajstić information content (AvgIpc) is 3.41. The van der Waals surface area contributed by atoms with E-state index in [4.69, 9.17) is 9.47 Å². The average molecular weight is 450 g/mol. The van der Waals surface area contributed by atoms with Gasteiger partial charge < -0.3 is 14.8 Å². The standard InChI is InChI=1S/C24H23N3O4S/c1-13-5-3-6-14(2)20(13)25-23(29)16-7-4-8-19-21(16)26-24(32-19)27-22(28)15-9-10-17-18(11-15)31-12-30-17/h3,5-6,9-11,16H,4,7-8,12H2,1-2H3,(H,25,29)(H,26,27,28). The maximum Gasteiger partial charge on any atom is 0.257 e. The summed E-state index contributed by atoms with van der Waals surface area (Å²) in [6.45, 7) is 4.13. The lowest BCUT2D eigenvalue weighted by molar-refractivity contribution is -0.118. The van der Waals surface area contributed by atoms with E-state index >= 15 is 0 Å². The number of carbonyl (C=O) groups excluding carboxylic acids is 2. The molecule has 2 aromatic carbocycles. The minimum Gasteiger partial charge on any atom is -0.454 e. The summed E-state index contributed by atoms with van der Waals surface area (Å²) in [6.07, 6.45) is 2.51. The fourth-order valence-electron chi connectivity index (χ4n) is 4.16. The summed E-state index contributed by atoms with van der Waals surface area (Å²) in [5.74, 6) is 0.529. The highest BCUT2D eigenvalue weighted by molar-refractivity contribution is 7.16. The van der Waals surface area contributed by atoms with Crippen molar-refractivity contribution >= 4 is 34.0 Å². The van der Waals surface area contributed by atoms with Crippen molar-refractivity contribution in [3.63, 3.8) is 0 Å². The van der Waals surface area contributed by atoms with Gasteiger partial charge in [0.1, 0.15) is 0 Å². The van der Waals surface area contributed by atoms with Crippen molar-refractivity contribution < 1.29 is 19.1 Å². The van der Waals surface area contributed by atoms with Crippen LogP contribution in [0.4, 0.5) is 10.8 Å². The van der Waals surface area contributed by atoms with Gasteiger partial charge in [-0.1, -0.05) is 18.2 Å². The third-order valence-electron chi connectivity index (χ3n) is 5.86. The number of hydrogen-bond donors (Lipinski definition) is 2. The second-order valence-electron chi connectivity index (χ2n) is 8.05. The molecule has 2 amide bonds. The largest absolute Gasteiger partial charge is 0.454 e. The first-order chi connectivity index (χ1) is 15.5. The molecule has 2 heterocycles. The van der Waals surface area contributed by atoms with Crippen LogP contribution in [0.25, 0.3) is 0 Å². The number of anilines is 2. The zero-order valence-electron chi connectivity index (χ0n) is 17.9. The highest BCUT2D eigenvalue weighted by Gasteiger charge is 2.31. The van der Waals surface area contributed by atoms with E-state index in [-0.39, 0.29) is 24.5 Å². The molecule has 1 aliphatic heterocycles. The Hall–Kier alpha value is -3.39. The smallest absolute Gasteiger partial charge is 0.257 e. The molecule has 0 bridgehead atoms. The topological polar surface area (TPSA) is 89.6 Å². The van der Waals surface area contributed by atoms with E-state index in [1.54, 1.807) is 18.2 Å². The van der Waals surface area contributed by atoms with E-state index in [9.17, 15) is 9.59 Å². The third-order valence-corrected chi connectivity index (χ3v) is 6.90. The fraction of sp³-hybridized carbons (Fsp3) is 0.292. The van der Waals surface area contributed by atoms with E-state index in [1.807, 2.05) is 32.0 Å². The predicted octanol–water partition coefficient (Wildman–Crippen LogP) is 4.80. The van der Waals surface area contributed by atoms with E-state index in [2.05, 4.69) is 15.6 Å². The number of thiazole rings is 1. The molecule has 1 aliphatic carbocycles. The summed E-state index contributed by atoms with van der Waals surface area (Å²) in [7, 11) is 0. The number of benzene rings is 2. The molecule has 0 radical (unpaired) electrons. The molecule has 0 saturated carbocycles. The molecule has 2 aliphatic rings. The molecular formula is C24H23N3O4S. The number of aryl methyl sites for hydroxylation is 3. The first kappa shape index (κ1) is 20.5. The van der Waals surface area contributed by atoms with E-state index in [0.29, 0.717) is 22.2 Å². The summed E-state index contributed by atoms with van der Waals surface area (Å²) < 4.78 is 10.6. The van der Waals surface area contributed by atoms with Gasteiger partial charge in [-0.3, -0.25) is 14.9 Å². The van der Waals surface area contributed by atoms with Crippen LogP contribution in [0, 0.1) is 13.8 Å². The van der Waals surface area contributed by atoms with E-state index in [1.165, 1.54) is 11.3 Å². The first-order valence-corrected chi connectivity index (χ1v) is 11.4. The summed E-state index contributed by atoms with van der Waals surface area (Å²) in [6, 6.07) is 11.0. The molecule has 0 fully saturated rings. The minimum atomic E-state index is -0.329. The molecule has 8 heteroatoms. The van der Waals surface area contributed by atoms with Crippen molar-refractivity contribution in [3.8, 4) is 11.5 Å². The van der Waals surface area contributed by atoms with Crippen LogP contribution < -0.4 is 20.1 Å². The summed E-state index contributed by atoms with van der Waals surface area (Å²) in [5.41, 5.74) is 4.16. The van der Waals surface area contributed by atoms with Crippen LogP contribution in [0.5, 0.6) is 11.5 Å². The molecule has 5 rings (SSSR count). The number of carbonyl (C=O) groups is 2. The van der Waals surface area contributed by atoms with Gasteiger partial charge in [-0.2, -0.15) is 0 Å². The fourth-order valence-corrected chi connectivity index (χ4v) is 5.22. The highest BCUT2D eigenvalue weighted by atomic mass is 32.1. The third kappa shape index (κ3) is 3.82. The molecular weight excluding hydrogens is 426 g/mol. The number of ether oxygens (including phenoxy) is 2. The van der Waals surface area contributed by atoms with Crippen LogP contribution in [-0.2, 0) is 11.2 Å². The molecule has 1 atom stereocenters. The SMILES string of the molecule is Cc1cccc(C)c1NC(=O)C1CCCc2sc(NC(=O)c3ccc4c(c3)OCO4)nc21. The molecule has 1 unspecified atom stereocenters. The highest BCUT2D eigenvalue weighted by Crippen LogP contribution is 2.38. The lowest BCUT2D eigenvalue weighted by Crippen LogP contribution is -2.25. The van der Waals surface area contributed by atoms with Crippen LogP contribution in [0.1, 0.15) is 50.8 Å². The number of nitrogens with one attached hydrogen (secondary N) is 2. The van der Waals surface area contributed by atoms with Gasteiger partial charge in [0.15, 0.2) is 16.6 Å². The summed E-state index contributed by atoms with van der Waals surface area (Å²) >= 11 is 1.44. The molecule has 3 aromatic rings. The van der Waals surface area contributed by atoms with Crippen molar-refractivity contribution in [2.75, 3.05) is 17.4 Å². The first-order valence-electron chi connectivity index (χ1n) is 10.6. The second-order valence-corrected chi connectivity index (χ2v) is 9.13. The molecule has 0 saturated heterocycles. The van der Waals surface area contributed by atoms with Crippen molar-refractivity contribution in [3.05, 3.63) is 63.7 Å². The minimum absolute atomic E-state index is 0.0534. The molecule has 164 valence electrons. The van der Waals surface area contributed by atoms with Gasteiger partial charge >= 0.3 is 0 Å². The number of aromatic nitrogens is 1. The number of nitrogens with zero attached hydrogens (tertiary/aromatic N) is 1. The predicted molar refractivity (Wildman–Crippen MR) is 123 cm³/mol. The molecule has 0 spiro atoms. The van der Waals surface area contributed by atoms with Gasteiger partial charge in [0.2, 0.25) is 12.7 Å². The van der Waals surface area contributed by atoms with Crippen LogP contribution in [0.3, 0.4) is 0 Å². The van der Waals surface area contributed by atoms with Crippen molar-refractivity contribution in [2.45, 2.75) is 39.0 Å². The lowest BCUT2D eigenvalue weighted by Gasteiger charge is -2.21. The number of amides is 2. The Labute approximate surface area is 189 Å². The molecule has 7 nitrogen and oxygen atoms in total. The van der Waals surface area contributed by atoms with Crippen molar-refractivity contribution in [1.82, 2.24) is 4.98 Å². The van der Waals surface area contributed by atoms with E-state index < -0.39 is 0 Å². The molecule has 1 aromatic heterocycles. The number of hydrogen-bond acceptors (Lipinski definition) is 6. The molecule has 2 N–H and O–H groups in total. The summed E-state index contributed by atoms with van der Waals surface area (Å²) in [5, 5.41) is 6.48. The Balaban J connectivity index is 1.34. The van der Waals surface area contributed by atoms with Gasteiger partial charge in [-0.05, 0) is 62.4 Å². The second kappa shape index (κ2) is 8.27. The van der Waals surface area contributed by atoms with Gasteiger partial charge in [0.05, 0.1) is 11.6 Å². The normalized spacial score (nSPS) is 16.4. The molecule has 32 heavy (non-hydrogen) atoms. The Kier molecular flexibility index (Phi) is 5.30. The monoisotopic (exact) mass is 449 g/mol. The lowest BCUT2D eigenvalue weighted by atomic mass is 9.90. The van der Waals surface area contributed by atoms with Crippen LogP contribution >= 0.6 is 11.3 Å². The maximum absolute atomic E-state index is 13.1. The zero-order chi connectivity index (χ0) is 22.2. The Bertz CT molecular complexity index is 1200. The Morgan fingerprint density at radius 1 is 1.06 bits per heavy atom. The zero-order valence-corrected chi connectivity index (χ0v) is 18.7. The quantitative estimate of drug-likeness (QED) is 0.597. The summed E-state index contributed by atoms with van der Waals surface area (Å²) in [4.78, 5) is 31.6. The Morgan fingerprint density at radius 3 is 2.66 bits per heavy atom. The number of rotatable bonds is 4. The van der Waals surface area contributed by atoms with Crippen LogP contribution in [-0.4, -0.2) is 23.6 Å². The van der Waals surface area contributed by atoms with Crippen molar-refractivity contribution in [2.24, 2.45) is 0 Å². The van der Waals surface area contributed by atoms with Crippen LogP contribution in [0.15, 0.2) is 36.4 Å². The Morgan fingerprint density at radius 2 is 1.84 bits per heavy atom. The van der Waals surface area contributed by atoms with Gasteiger partial charge in [-0.15, -0.1) is 11.3 Å². The van der Waals surface area contributed by atoms with E-state index in [0.717, 1.165) is 46.6 Å². The van der Waals surface area contributed by atoms with Gasteiger partial charge in [-0.25, -0.2) is 4.98 Å².